The molecule has 8 heteroatoms. The lowest BCUT2D eigenvalue weighted by Gasteiger charge is -2.10. The Labute approximate surface area is 92.4 Å². The van der Waals surface area contributed by atoms with Gasteiger partial charge in [0.25, 0.3) is 0 Å². The molecule has 0 saturated heterocycles. The van der Waals surface area contributed by atoms with Crippen LogP contribution in [-0.2, 0) is 21.9 Å². The molecule has 1 atom stereocenters. The molecule has 7 nitrogen and oxygen atoms in total. The molecule has 16 heavy (non-hydrogen) atoms. The first-order valence-corrected chi connectivity index (χ1v) is 5.83. The van der Waals surface area contributed by atoms with Gasteiger partial charge in [-0.25, -0.2) is 8.42 Å². The SMILES string of the molecule is Cn1ccc(S(=O)(=O)N[C@@H](CO)C(=O)O)c1. The number of aliphatic hydroxyl groups is 1. The number of aromatic nitrogens is 1. The monoisotopic (exact) mass is 248 g/mol. The van der Waals surface area contributed by atoms with E-state index in [1.165, 1.54) is 23.0 Å². The van der Waals surface area contributed by atoms with Crippen molar-refractivity contribution in [3.63, 3.8) is 0 Å². The summed E-state index contributed by atoms with van der Waals surface area (Å²) in [5.41, 5.74) is 0. The summed E-state index contributed by atoms with van der Waals surface area (Å²) in [4.78, 5) is 10.5. The Kier molecular flexibility index (Phi) is 3.68. The molecule has 0 aliphatic rings. The van der Waals surface area contributed by atoms with Crippen molar-refractivity contribution in [2.24, 2.45) is 7.05 Å². The number of nitrogens with zero attached hydrogens (tertiary/aromatic N) is 1. The molecular formula is C8H12N2O5S. The molecule has 0 bridgehead atoms. The summed E-state index contributed by atoms with van der Waals surface area (Å²) in [7, 11) is -2.27. The first-order chi connectivity index (χ1) is 7.36. The van der Waals surface area contributed by atoms with E-state index in [9.17, 15) is 13.2 Å². The van der Waals surface area contributed by atoms with Gasteiger partial charge in [0.1, 0.15) is 6.04 Å². The van der Waals surface area contributed by atoms with Crippen LogP contribution in [0.3, 0.4) is 0 Å². The molecule has 0 saturated carbocycles. The summed E-state index contributed by atoms with van der Waals surface area (Å²) in [5, 5.41) is 17.3. The molecule has 0 aliphatic carbocycles. The van der Waals surface area contributed by atoms with Crippen LogP contribution in [0.25, 0.3) is 0 Å². The molecule has 90 valence electrons. The number of sulfonamides is 1. The van der Waals surface area contributed by atoms with Crippen molar-refractivity contribution >= 4 is 16.0 Å². The molecule has 0 aromatic carbocycles. The van der Waals surface area contributed by atoms with Crippen LogP contribution in [0.5, 0.6) is 0 Å². The summed E-state index contributed by atoms with van der Waals surface area (Å²) in [5.74, 6) is -1.43. The molecule has 1 rings (SSSR count). The number of aryl methyl sites for hydroxylation is 1. The molecule has 0 unspecified atom stereocenters. The lowest BCUT2D eigenvalue weighted by molar-refractivity contribution is -0.139. The van der Waals surface area contributed by atoms with E-state index >= 15 is 0 Å². The fraction of sp³-hybridized carbons (Fsp3) is 0.375. The molecule has 0 spiro atoms. The standard InChI is InChI=1S/C8H12N2O5S/c1-10-3-2-6(4-10)16(14,15)9-7(5-11)8(12)13/h2-4,7,9,11H,5H2,1H3,(H,12,13)/t7-/m0/s1. The Morgan fingerprint density at radius 3 is 2.62 bits per heavy atom. The van der Waals surface area contributed by atoms with Gasteiger partial charge >= 0.3 is 5.97 Å². The highest BCUT2D eigenvalue weighted by molar-refractivity contribution is 7.89. The van der Waals surface area contributed by atoms with Gasteiger partial charge in [-0.1, -0.05) is 0 Å². The van der Waals surface area contributed by atoms with Gasteiger partial charge in [0.15, 0.2) is 0 Å². The van der Waals surface area contributed by atoms with Gasteiger partial charge in [0.2, 0.25) is 10.0 Å². The number of carboxylic acids is 1. The van der Waals surface area contributed by atoms with Crippen LogP contribution in [0, 0.1) is 0 Å². The highest BCUT2D eigenvalue weighted by Crippen LogP contribution is 2.08. The number of carbonyl (C=O) groups is 1. The van der Waals surface area contributed by atoms with Crippen LogP contribution in [0.4, 0.5) is 0 Å². The number of hydrogen-bond acceptors (Lipinski definition) is 4. The van der Waals surface area contributed by atoms with Crippen LogP contribution in [0.2, 0.25) is 0 Å². The van der Waals surface area contributed by atoms with Crippen molar-refractivity contribution in [1.29, 1.82) is 0 Å². The van der Waals surface area contributed by atoms with Crippen molar-refractivity contribution < 1.29 is 23.4 Å². The predicted octanol–water partition coefficient (Wildman–Crippen LogP) is -1.25. The minimum absolute atomic E-state index is 0.0466. The third kappa shape index (κ3) is 2.81. The van der Waals surface area contributed by atoms with Gasteiger partial charge in [0.05, 0.1) is 11.5 Å². The maximum absolute atomic E-state index is 11.6. The largest absolute Gasteiger partial charge is 0.480 e. The van der Waals surface area contributed by atoms with Gasteiger partial charge in [-0.3, -0.25) is 4.79 Å². The molecular weight excluding hydrogens is 236 g/mol. The van der Waals surface area contributed by atoms with Crippen LogP contribution in [0.1, 0.15) is 0 Å². The Hall–Kier alpha value is -1.38. The second-order valence-electron chi connectivity index (χ2n) is 3.21. The Morgan fingerprint density at radius 2 is 2.25 bits per heavy atom. The summed E-state index contributed by atoms with van der Waals surface area (Å²) in [6.45, 7) is -0.804. The van der Waals surface area contributed by atoms with Gasteiger partial charge in [-0.2, -0.15) is 4.72 Å². The van der Waals surface area contributed by atoms with Gasteiger partial charge in [-0.15, -0.1) is 0 Å². The smallest absolute Gasteiger partial charge is 0.324 e. The zero-order valence-electron chi connectivity index (χ0n) is 8.49. The summed E-state index contributed by atoms with van der Waals surface area (Å²) < 4.78 is 26.6. The molecule has 1 aromatic heterocycles. The molecule has 1 aromatic rings. The zero-order chi connectivity index (χ0) is 12.3. The minimum Gasteiger partial charge on any atom is -0.480 e. The lowest BCUT2D eigenvalue weighted by Crippen LogP contribution is -2.43. The third-order valence-corrected chi connectivity index (χ3v) is 3.35. The van der Waals surface area contributed by atoms with Crippen molar-refractivity contribution in [2.75, 3.05) is 6.61 Å². The van der Waals surface area contributed by atoms with E-state index in [4.69, 9.17) is 10.2 Å². The average Bonchev–Trinajstić information content (AvgIpc) is 2.61. The summed E-state index contributed by atoms with van der Waals surface area (Å²) in [6.07, 6.45) is 2.85. The van der Waals surface area contributed by atoms with E-state index in [0.717, 1.165) is 0 Å². The van der Waals surface area contributed by atoms with E-state index in [-0.39, 0.29) is 4.90 Å². The van der Waals surface area contributed by atoms with Crippen LogP contribution in [0.15, 0.2) is 23.4 Å². The quantitative estimate of drug-likeness (QED) is 0.603. The van der Waals surface area contributed by atoms with Crippen LogP contribution >= 0.6 is 0 Å². The molecule has 0 aliphatic heterocycles. The van der Waals surface area contributed by atoms with Crippen LogP contribution < -0.4 is 4.72 Å². The summed E-state index contributed by atoms with van der Waals surface area (Å²) in [6, 6.07) is -0.205. The second-order valence-corrected chi connectivity index (χ2v) is 4.92. The third-order valence-electron chi connectivity index (χ3n) is 1.89. The average molecular weight is 248 g/mol. The van der Waals surface area contributed by atoms with Crippen molar-refractivity contribution in [2.45, 2.75) is 10.9 Å². The van der Waals surface area contributed by atoms with E-state index in [2.05, 4.69) is 0 Å². The Bertz CT molecular complexity index is 478. The van der Waals surface area contributed by atoms with Crippen molar-refractivity contribution in [1.82, 2.24) is 9.29 Å². The number of aliphatic hydroxyl groups excluding tert-OH is 1. The zero-order valence-corrected chi connectivity index (χ0v) is 9.31. The summed E-state index contributed by atoms with van der Waals surface area (Å²) >= 11 is 0. The number of aliphatic carboxylic acids is 1. The van der Waals surface area contributed by atoms with E-state index in [0.29, 0.717) is 0 Å². The number of carboxylic acid groups (broad SMARTS) is 1. The van der Waals surface area contributed by atoms with E-state index in [1.54, 1.807) is 7.05 Å². The van der Waals surface area contributed by atoms with E-state index in [1.807, 2.05) is 4.72 Å². The van der Waals surface area contributed by atoms with Gasteiger partial charge in [-0.05, 0) is 6.07 Å². The molecule has 0 fully saturated rings. The molecule has 3 N–H and O–H groups in total. The minimum atomic E-state index is -3.91. The molecule has 0 amide bonds. The van der Waals surface area contributed by atoms with Crippen LogP contribution in [-0.4, -0.2) is 41.8 Å². The fourth-order valence-corrected chi connectivity index (χ4v) is 2.29. The Morgan fingerprint density at radius 1 is 1.62 bits per heavy atom. The maximum Gasteiger partial charge on any atom is 0.324 e. The molecule has 0 radical (unpaired) electrons. The first-order valence-electron chi connectivity index (χ1n) is 4.35. The first kappa shape index (κ1) is 12.7. The number of nitrogens with one attached hydrogen (secondary N) is 1. The maximum atomic E-state index is 11.6. The lowest BCUT2D eigenvalue weighted by atomic mass is 10.3. The van der Waals surface area contributed by atoms with E-state index < -0.39 is 28.6 Å². The fourth-order valence-electron chi connectivity index (χ4n) is 1.06. The van der Waals surface area contributed by atoms with Gasteiger partial charge < -0.3 is 14.8 Å². The van der Waals surface area contributed by atoms with Crippen molar-refractivity contribution in [3.05, 3.63) is 18.5 Å². The topological polar surface area (TPSA) is 109 Å². The van der Waals surface area contributed by atoms with Crippen molar-refractivity contribution in [3.8, 4) is 0 Å². The highest BCUT2D eigenvalue weighted by Gasteiger charge is 2.24. The number of rotatable bonds is 5. The molecule has 1 heterocycles. The second kappa shape index (κ2) is 4.64. The number of hydrogen-bond donors (Lipinski definition) is 3. The highest BCUT2D eigenvalue weighted by atomic mass is 32.2. The van der Waals surface area contributed by atoms with Gasteiger partial charge in [0, 0.05) is 19.4 Å². The Balaban J connectivity index is 2.91. The predicted molar refractivity (Wildman–Crippen MR) is 54.2 cm³/mol. The normalized spacial score (nSPS) is 13.6.